The number of halogens is 3. The van der Waals surface area contributed by atoms with Crippen LogP contribution in [0.4, 0.5) is 19.0 Å². The average molecular weight is 556 g/mol. The highest BCUT2D eigenvalue weighted by Gasteiger charge is 2.29. The molecule has 4 N–H and O–H groups in total. The number of nitrogens with two attached hydrogens (primary N) is 1. The Morgan fingerprint density at radius 1 is 1.23 bits per heavy atom. The summed E-state index contributed by atoms with van der Waals surface area (Å²) in [6.45, 7) is 6.18. The predicted molar refractivity (Wildman–Crippen MR) is 145 cm³/mol. The summed E-state index contributed by atoms with van der Waals surface area (Å²) in [6.07, 6.45) is -2.20. The number of thiophene rings is 1. The second kappa shape index (κ2) is 10.8. The van der Waals surface area contributed by atoms with Gasteiger partial charge in [-0.05, 0) is 42.2 Å². The summed E-state index contributed by atoms with van der Waals surface area (Å²) < 4.78 is 40.4. The largest absolute Gasteiger partial charge is 0.401 e. The van der Waals surface area contributed by atoms with Crippen molar-refractivity contribution in [2.45, 2.75) is 51.2 Å². The van der Waals surface area contributed by atoms with Crippen molar-refractivity contribution < 1.29 is 18.3 Å². The Hall–Kier alpha value is -3.66. The standard InChI is InChI=1S/C27H28F3N7OS/c1-16(32)12-37-19(11-31)8-21-23(14-38)17(2-3-24(21)37)13-36-6-4-18(5-7-36)35-25-22-9-20(10-27(28,29)30)39-26(22)34-15-33-25/h2-3,8-9,15,18,38H,1,4-7,10,12-14,32H2,(H,33,34,35). The van der Waals surface area contributed by atoms with E-state index in [1.807, 2.05) is 12.1 Å². The lowest BCUT2D eigenvalue weighted by atomic mass is 10.0. The molecule has 4 aromatic rings. The van der Waals surface area contributed by atoms with Gasteiger partial charge in [0.25, 0.3) is 0 Å². The molecule has 4 heterocycles. The monoisotopic (exact) mass is 555 g/mol. The van der Waals surface area contributed by atoms with Crippen molar-refractivity contribution in [3.63, 3.8) is 0 Å². The molecule has 0 spiro atoms. The maximum atomic E-state index is 12.9. The van der Waals surface area contributed by atoms with E-state index < -0.39 is 12.6 Å². The van der Waals surface area contributed by atoms with Gasteiger partial charge < -0.3 is 20.7 Å². The summed E-state index contributed by atoms with van der Waals surface area (Å²) in [7, 11) is 0. The summed E-state index contributed by atoms with van der Waals surface area (Å²) in [5, 5.41) is 24.7. The number of nitrogens with zero attached hydrogens (tertiary/aromatic N) is 5. The van der Waals surface area contributed by atoms with Crippen molar-refractivity contribution in [2.75, 3.05) is 18.4 Å². The Labute approximate surface area is 227 Å². The molecule has 1 saturated heterocycles. The molecule has 1 aliphatic rings. The molecule has 8 nitrogen and oxygen atoms in total. The summed E-state index contributed by atoms with van der Waals surface area (Å²) in [5.74, 6) is 0.564. The Kier molecular flexibility index (Phi) is 7.48. The summed E-state index contributed by atoms with van der Waals surface area (Å²) in [5.41, 5.74) is 9.33. The number of anilines is 1. The lowest BCUT2D eigenvalue weighted by molar-refractivity contribution is -0.126. The zero-order valence-electron chi connectivity index (χ0n) is 21.1. The summed E-state index contributed by atoms with van der Waals surface area (Å²) in [4.78, 5) is 11.5. The molecule has 0 amide bonds. The molecular formula is C27H28F3N7OS. The van der Waals surface area contributed by atoms with Crippen molar-refractivity contribution in [1.29, 1.82) is 5.26 Å². The lowest BCUT2D eigenvalue weighted by Gasteiger charge is -2.33. The van der Waals surface area contributed by atoms with Gasteiger partial charge in [0.15, 0.2) is 0 Å². The molecule has 39 heavy (non-hydrogen) atoms. The fourth-order valence-corrected chi connectivity index (χ4v) is 6.24. The number of fused-ring (bicyclic) bond motifs is 2. The van der Waals surface area contributed by atoms with E-state index in [1.165, 1.54) is 12.4 Å². The summed E-state index contributed by atoms with van der Waals surface area (Å²) >= 11 is 1.04. The van der Waals surface area contributed by atoms with E-state index in [4.69, 9.17) is 5.73 Å². The number of piperidine rings is 1. The molecule has 0 aliphatic carbocycles. The van der Waals surface area contributed by atoms with Gasteiger partial charge in [-0.15, -0.1) is 11.3 Å². The molecule has 204 valence electrons. The van der Waals surface area contributed by atoms with Gasteiger partial charge in [0.1, 0.15) is 28.7 Å². The van der Waals surface area contributed by atoms with Gasteiger partial charge in [-0.3, -0.25) is 4.90 Å². The Bertz CT molecular complexity index is 1560. The molecule has 1 aromatic carbocycles. The minimum Gasteiger partial charge on any atom is -0.401 e. The first-order valence-electron chi connectivity index (χ1n) is 12.5. The normalized spacial score (nSPS) is 15.2. The second-order valence-electron chi connectivity index (χ2n) is 9.82. The maximum Gasteiger partial charge on any atom is 0.393 e. The molecule has 12 heteroatoms. The molecule has 0 unspecified atom stereocenters. The van der Waals surface area contributed by atoms with E-state index in [1.54, 1.807) is 10.6 Å². The predicted octanol–water partition coefficient (Wildman–Crippen LogP) is 4.66. The van der Waals surface area contributed by atoms with Gasteiger partial charge in [0, 0.05) is 47.2 Å². The number of alkyl halides is 3. The third-order valence-corrected chi connectivity index (χ3v) is 8.05. The number of hydrogen-bond donors (Lipinski definition) is 3. The number of nitriles is 1. The molecular weight excluding hydrogens is 527 g/mol. The molecule has 3 aromatic heterocycles. The molecule has 0 atom stereocenters. The van der Waals surface area contributed by atoms with Crippen LogP contribution in [0.5, 0.6) is 0 Å². The highest BCUT2D eigenvalue weighted by Crippen LogP contribution is 2.33. The molecule has 0 radical (unpaired) electrons. The van der Waals surface area contributed by atoms with Crippen LogP contribution in [0.15, 0.2) is 42.9 Å². The number of likely N-dealkylation sites (tertiary alicyclic amines) is 1. The van der Waals surface area contributed by atoms with Gasteiger partial charge in [0.2, 0.25) is 0 Å². The second-order valence-corrected chi connectivity index (χ2v) is 10.9. The maximum absolute atomic E-state index is 12.9. The van der Waals surface area contributed by atoms with Crippen LogP contribution in [0.1, 0.15) is 34.5 Å². The highest BCUT2D eigenvalue weighted by molar-refractivity contribution is 7.18. The lowest BCUT2D eigenvalue weighted by Crippen LogP contribution is -2.39. The Balaban J connectivity index is 1.27. The first-order valence-corrected chi connectivity index (χ1v) is 13.3. The van der Waals surface area contributed by atoms with Gasteiger partial charge in [-0.2, -0.15) is 18.4 Å². The number of aliphatic hydroxyl groups is 1. The van der Waals surface area contributed by atoms with Crippen molar-refractivity contribution in [2.24, 2.45) is 5.73 Å². The number of rotatable bonds is 8. The zero-order valence-corrected chi connectivity index (χ0v) is 21.9. The van der Waals surface area contributed by atoms with Crippen molar-refractivity contribution in [1.82, 2.24) is 19.4 Å². The van der Waals surface area contributed by atoms with Crippen LogP contribution in [0.2, 0.25) is 0 Å². The number of hydrogen-bond acceptors (Lipinski definition) is 8. The number of nitrogens with one attached hydrogen (secondary N) is 1. The number of aliphatic hydroxyl groups excluding tert-OH is 1. The number of benzene rings is 1. The average Bonchev–Trinajstić information content (AvgIpc) is 3.44. The van der Waals surface area contributed by atoms with Gasteiger partial charge in [-0.1, -0.05) is 12.6 Å². The van der Waals surface area contributed by atoms with Gasteiger partial charge >= 0.3 is 6.18 Å². The smallest absolute Gasteiger partial charge is 0.393 e. The van der Waals surface area contributed by atoms with Crippen LogP contribution in [-0.2, 0) is 26.1 Å². The third-order valence-electron chi connectivity index (χ3n) is 7.01. The molecule has 0 bridgehead atoms. The van der Waals surface area contributed by atoms with E-state index in [2.05, 4.69) is 32.8 Å². The van der Waals surface area contributed by atoms with E-state index in [-0.39, 0.29) is 17.5 Å². The third kappa shape index (κ3) is 5.85. The van der Waals surface area contributed by atoms with Crippen LogP contribution >= 0.6 is 11.3 Å². The fourth-order valence-electron chi connectivity index (χ4n) is 5.21. The number of allylic oxidation sites excluding steroid dienone is 1. The Morgan fingerprint density at radius 3 is 2.67 bits per heavy atom. The first-order chi connectivity index (χ1) is 18.6. The van der Waals surface area contributed by atoms with Crippen LogP contribution in [0.25, 0.3) is 21.1 Å². The summed E-state index contributed by atoms with van der Waals surface area (Å²) in [6, 6.07) is 9.59. The SMILES string of the molecule is C=C(N)Cn1c(C#N)cc2c(CO)c(CN3CCC(Nc4ncnc5sc(CC(F)(F)F)cc45)CC3)ccc21. The minimum atomic E-state index is -4.27. The van der Waals surface area contributed by atoms with E-state index in [0.717, 1.165) is 59.3 Å². The quantitative estimate of drug-likeness (QED) is 0.290. The van der Waals surface area contributed by atoms with E-state index >= 15 is 0 Å². The van der Waals surface area contributed by atoms with Crippen LogP contribution in [-0.4, -0.2) is 49.8 Å². The Morgan fingerprint density at radius 2 is 2.00 bits per heavy atom. The van der Waals surface area contributed by atoms with E-state index in [9.17, 15) is 23.5 Å². The van der Waals surface area contributed by atoms with Crippen LogP contribution < -0.4 is 11.1 Å². The fraction of sp³-hybridized carbons (Fsp3) is 0.370. The van der Waals surface area contributed by atoms with Crippen molar-refractivity contribution >= 4 is 38.3 Å². The first kappa shape index (κ1) is 26.9. The van der Waals surface area contributed by atoms with Gasteiger partial charge in [-0.25, -0.2) is 9.97 Å². The van der Waals surface area contributed by atoms with E-state index in [0.29, 0.717) is 40.5 Å². The van der Waals surface area contributed by atoms with Crippen molar-refractivity contribution in [3.05, 3.63) is 64.6 Å². The topological polar surface area (TPSA) is 116 Å². The molecule has 1 aliphatic heterocycles. The molecule has 0 saturated carbocycles. The molecule has 5 rings (SSSR count). The van der Waals surface area contributed by atoms with Crippen LogP contribution in [0, 0.1) is 11.3 Å². The van der Waals surface area contributed by atoms with Gasteiger partial charge in [0.05, 0.1) is 25.0 Å². The van der Waals surface area contributed by atoms with Crippen molar-refractivity contribution in [3.8, 4) is 6.07 Å². The highest BCUT2D eigenvalue weighted by atomic mass is 32.1. The minimum absolute atomic E-state index is 0.127. The number of aromatic nitrogens is 3. The zero-order chi connectivity index (χ0) is 27.7. The van der Waals surface area contributed by atoms with Crippen LogP contribution in [0.3, 0.4) is 0 Å². The molecule has 1 fully saturated rings.